The number of methoxy groups -OCH3 is 1. The van der Waals surface area contributed by atoms with Crippen molar-refractivity contribution in [3.63, 3.8) is 0 Å². The number of para-hydroxylation sites is 1. The number of ether oxygens (including phenoxy) is 2. The number of ketones is 1. The molecule has 3 aromatic carbocycles. The van der Waals surface area contributed by atoms with Gasteiger partial charge in [0, 0.05) is 11.1 Å². The molecule has 1 aliphatic heterocycles. The number of carbonyl (C=O) groups is 2. The lowest BCUT2D eigenvalue weighted by molar-refractivity contribution is -0.132. The molecule has 0 bridgehead atoms. The molecule has 1 aromatic heterocycles. The van der Waals surface area contributed by atoms with Crippen molar-refractivity contribution in [3.05, 3.63) is 89.0 Å². The third-order valence-electron chi connectivity index (χ3n) is 6.07. The Hall–Kier alpha value is -4.17. The minimum atomic E-state index is -0.922. The standard InChI is InChI=1S/C28H24N2O5S/c1-4-35-18-13-14-20-22(15-18)36-28(29-20)30-24(19-7-5-6-8-21(19)34-3)23(26(32)27(30)33)25(31)17-11-9-16(2)10-12-17/h5-15,24,31H,4H2,1-3H3/b25-23+. The quantitative estimate of drug-likeness (QED) is 0.209. The van der Waals surface area contributed by atoms with E-state index in [9.17, 15) is 14.7 Å². The van der Waals surface area contributed by atoms with E-state index in [1.807, 2.05) is 44.2 Å². The summed E-state index contributed by atoms with van der Waals surface area (Å²) in [6.45, 7) is 4.36. The fourth-order valence-corrected chi connectivity index (χ4v) is 5.36. The maximum Gasteiger partial charge on any atom is 0.301 e. The summed E-state index contributed by atoms with van der Waals surface area (Å²) in [6.07, 6.45) is 0. The number of hydrogen-bond acceptors (Lipinski definition) is 7. The summed E-state index contributed by atoms with van der Waals surface area (Å²) in [7, 11) is 1.53. The van der Waals surface area contributed by atoms with Gasteiger partial charge in [-0.25, -0.2) is 4.98 Å². The van der Waals surface area contributed by atoms with Gasteiger partial charge in [-0.1, -0.05) is 59.4 Å². The Labute approximate surface area is 212 Å². The van der Waals surface area contributed by atoms with E-state index >= 15 is 0 Å². The van der Waals surface area contributed by atoms with Crippen LogP contribution in [0.3, 0.4) is 0 Å². The normalized spacial score (nSPS) is 17.1. The van der Waals surface area contributed by atoms with Crippen LogP contribution in [0.2, 0.25) is 0 Å². The number of aliphatic hydroxyl groups is 1. The van der Waals surface area contributed by atoms with Crippen LogP contribution >= 0.6 is 11.3 Å². The summed E-state index contributed by atoms with van der Waals surface area (Å²) in [5.41, 5.74) is 2.70. The Bertz CT molecular complexity index is 1510. The fraction of sp³-hybridized carbons (Fsp3) is 0.179. The average Bonchev–Trinajstić information content (AvgIpc) is 3.42. The van der Waals surface area contributed by atoms with Gasteiger partial charge in [-0.2, -0.15) is 0 Å². The Kier molecular flexibility index (Phi) is 6.20. The zero-order chi connectivity index (χ0) is 25.4. The summed E-state index contributed by atoms with van der Waals surface area (Å²) in [4.78, 5) is 32.9. The van der Waals surface area contributed by atoms with Crippen molar-refractivity contribution < 1.29 is 24.2 Å². The predicted octanol–water partition coefficient (Wildman–Crippen LogP) is 5.64. The van der Waals surface area contributed by atoms with Gasteiger partial charge >= 0.3 is 5.91 Å². The summed E-state index contributed by atoms with van der Waals surface area (Å²) >= 11 is 1.28. The molecule has 5 rings (SSSR count). The van der Waals surface area contributed by atoms with Crippen LogP contribution in [0.4, 0.5) is 5.13 Å². The van der Waals surface area contributed by atoms with Crippen molar-refractivity contribution in [2.45, 2.75) is 19.9 Å². The van der Waals surface area contributed by atoms with Crippen molar-refractivity contribution in [2.75, 3.05) is 18.6 Å². The number of aromatic nitrogens is 1. The summed E-state index contributed by atoms with van der Waals surface area (Å²) in [6, 6.07) is 18.9. The molecule has 0 aliphatic carbocycles. The zero-order valence-electron chi connectivity index (χ0n) is 20.0. The number of thiazole rings is 1. The number of carbonyl (C=O) groups excluding carboxylic acids is 2. The Morgan fingerprint density at radius 1 is 1.08 bits per heavy atom. The number of rotatable bonds is 6. The van der Waals surface area contributed by atoms with Gasteiger partial charge in [-0.05, 0) is 38.1 Å². The largest absolute Gasteiger partial charge is 0.507 e. The van der Waals surface area contributed by atoms with Crippen LogP contribution in [0.25, 0.3) is 16.0 Å². The van der Waals surface area contributed by atoms with E-state index in [0.29, 0.717) is 39.9 Å². The molecule has 0 saturated carbocycles. The Morgan fingerprint density at radius 3 is 2.56 bits per heavy atom. The van der Waals surface area contributed by atoms with Crippen LogP contribution in [0.1, 0.15) is 29.7 Å². The SMILES string of the molecule is CCOc1ccc2nc(N3C(=O)C(=O)/C(=C(/O)c4ccc(C)cc4)C3c3ccccc3OC)sc2c1. The molecule has 1 N–H and O–H groups in total. The third-order valence-corrected chi connectivity index (χ3v) is 7.09. The van der Waals surface area contributed by atoms with Gasteiger partial charge < -0.3 is 14.6 Å². The van der Waals surface area contributed by atoms with Crippen molar-refractivity contribution in [3.8, 4) is 11.5 Å². The van der Waals surface area contributed by atoms with Gasteiger partial charge in [-0.15, -0.1) is 0 Å². The van der Waals surface area contributed by atoms with Crippen LogP contribution in [0.15, 0.2) is 72.3 Å². The smallest absolute Gasteiger partial charge is 0.301 e. The molecular weight excluding hydrogens is 476 g/mol. The number of aryl methyl sites for hydroxylation is 1. The minimum absolute atomic E-state index is 0.0115. The van der Waals surface area contributed by atoms with E-state index in [2.05, 4.69) is 4.98 Å². The Morgan fingerprint density at radius 2 is 1.83 bits per heavy atom. The summed E-state index contributed by atoms with van der Waals surface area (Å²) in [5.74, 6) is -0.597. The topological polar surface area (TPSA) is 89.0 Å². The lowest BCUT2D eigenvalue weighted by Gasteiger charge is -2.24. The van der Waals surface area contributed by atoms with E-state index in [0.717, 1.165) is 10.3 Å². The number of aliphatic hydroxyl groups excluding tert-OH is 1. The molecule has 1 saturated heterocycles. The third kappa shape index (κ3) is 3.99. The number of fused-ring (bicyclic) bond motifs is 1. The van der Waals surface area contributed by atoms with Gasteiger partial charge in [-0.3, -0.25) is 14.5 Å². The fourth-order valence-electron chi connectivity index (χ4n) is 4.34. The number of Topliss-reactive ketones (excluding diaryl/α,β-unsaturated/α-hetero) is 1. The van der Waals surface area contributed by atoms with Crippen LogP contribution in [-0.4, -0.2) is 35.5 Å². The van der Waals surface area contributed by atoms with Gasteiger partial charge in [0.05, 0.1) is 29.5 Å². The van der Waals surface area contributed by atoms with Gasteiger partial charge in [0.15, 0.2) is 5.13 Å². The average molecular weight is 501 g/mol. The highest BCUT2D eigenvalue weighted by molar-refractivity contribution is 7.22. The van der Waals surface area contributed by atoms with Crippen LogP contribution in [0.5, 0.6) is 11.5 Å². The second kappa shape index (κ2) is 9.47. The first-order valence-corrected chi connectivity index (χ1v) is 12.3. The highest BCUT2D eigenvalue weighted by Crippen LogP contribution is 2.46. The lowest BCUT2D eigenvalue weighted by atomic mass is 9.94. The molecule has 1 fully saturated rings. The number of nitrogens with zero attached hydrogens (tertiary/aromatic N) is 2. The van der Waals surface area contributed by atoms with Crippen molar-refractivity contribution in [1.82, 2.24) is 4.98 Å². The first-order chi connectivity index (χ1) is 17.4. The number of anilines is 1. The summed E-state index contributed by atoms with van der Waals surface area (Å²) < 4.78 is 12.0. The van der Waals surface area contributed by atoms with E-state index in [-0.39, 0.29) is 11.3 Å². The summed E-state index contributed by atoms with van der Waals surface area (Å²) in [5, 5.41) is 11.6. The van der Waals surface area contributed by atoms with Gasteiger partial charge in [0.25, 0.3) is 5.78 Å². The minimum Gasteiger partial charge on any atom is -0.507 e. The first kappa shape index (κ1) is 23.6. The molecule has 1 unspecified atom stereocenters. The number of benzene rings is 3. The molecule has 4 aromatic rings. The molecular formula is C28H24N2O5S. The van der Waals surface area contributed by atoms with Crippen LogP contribution < -0.4 is 14.4 Å². The monoisotopic (exact) mass is 500 g/mol. The van der Waals surface area contributed by atoms with E-state index in [1.54, 1.807) is 36.4 Å². The molecule has 7 nitrogen and oxygen atoms in total. The predicted molar refractivity (Wildman–Crippen MR) is 140 cm³/mol. The molecule has 0 spiro atoms. The van der Waals surface area contributed by atoms with Crippen molar-refractivity contribution in [1.29, 1.82) is 0 Å². The molecule has 36 heavy (non-hydrogen) atoms. The maximum absolute atomic E-state index is 13.5. The highest BCUT2D eigenvalue weighted by Gasteiger charge is 2.49. The van der Waals surface area contributed by atoms with E-state index in [1.165, 1.54) is 23.3 Å². The first-order valence-electron chi connectivity index (χ1n) is 11.5. The highest BCUT2D eigenvalue weighted by atomic mass is 32.1. The number of hydrogen-bond donors (Lipinski definition) is 1. The lowest BCUT2D eigenvalue weighted by Crippen LogP contribution is -2.29. The second-order valence-corrected chi connectivity index (χ2v) is 9.35. The molecule has 0 radical (unpaired) electrons. The molecule has 1 amide bonds. The van der Waals surface area contributed by atoms with Crippen molar-refractivity contribution >= 4 is 44.1 Å². The molecule has 8 heteroatoms. The molecule has 182 valence electrons. The second-order valence-electron chi connectivity index (χ2n) is 8.34. The van der Waals surface area contributed by atoms with Gasteiger partial charge in [0.2, 0.25) is 0 Å². The van der Waals surface area contributed by atoms with Crippen LogP contribution in [0, 0.1) is 6.92 Å². The van der Waals surface area contributed by atoms with E-state index in [4.69, 9.17) is 9.47 Å². The van der Waals surface area contributed by atoms with E-state index < -0.39 is 17.7 Å². The molecule has 2 heterocycles. The molecule has 1 aliphatic rings. The Balaban J connectivity index is 1.72. The number of amides is 1. The maximum atomic E-state index is 13.5. The zero-order valence-corrected chi connectivity index (χ0v) is 20.8. The van der Waals surface area contributed by atoms with Crippen molar-refractivity contribution in [2.24, 2.45) is 0 Å². The molecule has 1 atom stereocenters. The van der Waals surface area contributed by atoms with Crippen LogP contribution in [-0.2, 0) is 9.59 Å². The van der Waals surface area contributed by atoms with Gasteiger partial charge in [0.1, 0.15) is 23.3 Å².